The van der Waals surface area contributed by atoms with E-state index in [-0.39, 0.29) is 5.33 Å². The molecule has 0 rings (SSSR count). The Hall–Kier alpha value is 0.320. The van der Waals surface area contributed by atoms with E-state index in [0.29, 0.717) is 0 Å². The molecular formula is C3H7BrO4. The molecular weight excluding hydrogens is 180 g/mol. The number of aliphatic hydroxyl groups excluding tert-OH is 1. The summed E-state index contributed by atoms with van der Waals surface area (Å²) >= 11 is 2.65. The van der Waals surface area contributed by atoms with Crippen LogP contribution in [0.5, 0.6) is 0 Å². The van der Waals surface area contributed by atoms with E-state index in [1.807, 2.05) is 0 Å². The van der Waals surface area contributed by atoms with Crippen LogP contribution in [-0.2, 0) is 0 Å². The van der Waals surface area contributed by atoms with Crippen molar-refractivity contribution in [2.75, 3.05) is 5.33 Å². The third-order valence-corrected chi connectivity index (χ3v) is 1.44. The summed E-state index contributed by atoms with van der Waals surface area (Å²) in [5, 5.41) is 32.7. The lowest BCUT2D eigenvalue weighted by Crippen LogP contribution is -2.43. The number of hydrogen-bond acceptors (Lipinski definition) is 4. The van der Waals surface area contributed by atoms with Crippen molar-refractivity contribution < 1.29 is 20.4 Å². The summed E-state index contributed by atoms with van der Waals surface area (Å²) in [5.41, 5.74) is 0. The van der Waals surface area contributed by atoms with Gasteiger partial charge in [-0.1, -0.05) is 15.9 Å². The average Bonchev–Trinajstić information content (AvgIpc) is 1.67. The van der Waals surface area contributed by atoms with Crippen molar-refractivity contribution >= 4 is 15.9 Å². The van der Waals surface area contributed by atoms with Crippen LogP contribution in [0.2, 0.25) is 0 Å². The zero-order valence-electron chi connectivity index (χ0n) is 3.95. The van der Waals surface area contributed by atoms with Gasteiger partial charge in [-0.3, -0.25) is 0 Å². The molecule has 0 saturated heterocycles. The first kappa shape index (κ1) is 8.32. The van der Waals surface area contributed by atoms with Gasteiger partial charge in [0.2, 0.25) is 12.1 Å². The SMILES string of the molecule is OC(O)C(O)(O)CBr. The first-order chi connectivity index (χ1) is 3.50. The van der Waals surface area contributed by atoms with Gasteiger partial charge in [-0.2, -0.15) is 0 Å². The van der Waals surface area contributed by atoms with Crippen molar-refractivity contribution in [2.24, 2.45) is 0 Å². The van der Waals surface area contributed by atoms with E-state index < -0.39 is 12.1 Å². The predicted molar refractivity (Wildman–Crippen MR) is 29.2 cm³/mol. The zero-order valence-corrected chi connectivity index (χ0v) is 5.54. The van der Waals surface area contributed by atoms with E-state index in [2.05, 4.69) is 15.9 Å². The number of rotatable bonds is 2. The summed E-state index contributed by atoms with van der Waals surface area (Å²) in [7, 11) is 0. The molecule has 0 bridgehead atoms. The highest BCUT2D eigenvalue weighted by Crippen LogP contribution is 2.06. The molecule has 50 valence electrons. The highest BCUT2D eigenvalue weighted by atomic mass is 79.9. The van der Waals surface area contributed by atoms with Gasteiger partial charge in [0.15, 0.2) is 0 Å². The van der Waals surface area contributed by atoms with E-state index >= 15 is 0 Å². The van der Waals surface area contributed by atoms with Gasteiger partial charge in [0.05, 0.1) is 5.33 Å². The summed E-state index contributed by atoms with van der Waals surface area (Å²) in [6.45, 7) is 0. The second-order valence-electron chi connectivity index (χ2n) is 1.39. The van der Waals surface area contributed by atoms with E-state index in [4.69, 9.17) is 20.4 Å². The van der Waals surface area contributed by atoms with Gasteiger partial charge in [-0.25, -0.2) is 0 Å². The minimum atomic E-state index is -2.43. The van der Waals surface area contributed by atoms with Gasteiger partial charge in [-0.15, -0.1) is 0 Å². The predicted octanol–water partition coefficient (Wildman–Crippen LogP) is -1.63. The summed E-state index contributed by atoms with van der Waals surface area (Å²) in [4.78, 5) is 0. The van der Waals surface area contributed by atoms with Crippen LogP contribution in [0.1, 0.15) is 0 Å². The molecule has 0 aromatic rings. The standard InChI is InChI=1S/C3H7BrO4/c4-1-3(7,8)2(5)6/h2,5-8H,1H2. The van der Waals surface area contributed by atoms with Crippen LogP contribution in [0.15, 0.2) is 0 Å². The second kappa shape index (κ2) is 2.75. The first-order valence-electron chi connectivity index (χ1n) is 1.87. The van der Waals surface area contributed by atoms with Crippen LogP contribution in [0.3, 0.4) is 0 Å². The van der Waals surface area contributed by atoms with Crippen molar-refractivity contribution in [1.29, 1.82) is 0 Å². The van der Waals surface area contributed by atoms with E-state index in [1.165, 1.54) is 0 Å². The Bertz CT molecular complexity index is 71.7. The Morgan fingerprint density at radius 1 is 1.38 bits per heavy atom. The molecule has 0 fully saturated rings. The molecule has 0 heterocycles. The molecule has 0 radical (unpaired) electrons. The van der Waals surface area contributed by atoms with Gasteiger partial charge in [-0.05, 0) is 0 Å². The normalized spacial score (nSPS) is 12.8. The largest absolute Gasteiger partial charge is 0.364 e. The van der Waals surface area contributed by atoms with Crippen LogP contribution in [0.4, 0.5) is 0 Å². The number of hydrogen-bond donors (Lipinski definition) is 4. The molecule has 0 atom stereocenters. The number of aliphatic hydroxyl groups is 4. The van der Waals surface area contributed by atoms with Gasteiger partial charge >= 0.3 is 0 Å². The fraction of sp³-hybridized carbons (Fsp3) is 1.00. The van der Waals surface area contributed by atoms with Gasteiger partial charge in [0, 0.05) is 0 Å². The van der Waals surface area contributed by atoms with Crippen LogP contribution < -0.4 is 0 Å². The van der Waals surface area contributed by atoms with Gasteiger partial charge in [0.25, 0.3) is 0 Å². The molecule has 8 heavy (non-hydrogen) atoms. The highest BCUT2D eigenvalue weighted by molar-refractivity contribution is 9.09. The molecule has 0 unspecified atom stereocenters. The Kier molecular flexibility index (Phi) is 2.86. The Labute approximate surface area is 54.5 Å². The Balaban J connectivity index is 3.71. The second-order valence-corrected chi connectivity index (χ2v) is 1.95. The molecule has 0 aromatic heterocycles. The van der Waals surface area contributed by atoms with Crippen LogP contribution in [0, 0.1) is 0 Å². The summed E-state index contributed by atoms with van der Waals surface area (Å²) < 4.78 is 0. The lowest BCUT2D eigenvalue weighted by Gasteiger charge is -2.19. The van der Waals surface area contributed by atoms with E-state index in [9.17, 15) is 0 Å². The average molecular weight is 187 g/mol. The Morgan fingerprint density at radius 2 is 1.75 bits per heavy atom. The fourth-order valence-corrected chi connectivity index (χ4v) is 0.359. The molecule has 0 aliphatic rings. The first-order valence-corrected chi connectivity index (χ1v) is 2.99. The van der Waals surface area contributed by atoms with Crippen molar-refractivity contribution in [2.45, 2.75) is 12.1 Å². The molecule has 0 aliphatic carbocycles. The fourth-order valence-electron chi connectivity index (χ4n) is 0.0690. The van der Waals surface area contributed by atoms with Crippen molar-refractivity contribution in [3.8, 4) is 0 Å². The third kappa shape index (κ3) is 2.06. The third-order valence-electron chi connectivity index (χ3n) is 0.610. The molecule has 0 spiro atoms. The molecule has 0 amide bonds. The smallest absolute Gasteiger partial charge is 0.225 e. The molecule has 0 aromatic carbocycles. The molecule has 0 aliphatic heterocycles. The number of halogens is 1. The van der Waals surface area contributed by atoms with Crippen molar-refractivity contribution in [1.82, 2.24) is 0 Å². The van der Waals surface area contributed by atoms with Crippen LogP contribution >= 0.6 is 15.9 Å². The van der Waals surface area contributed by atoms with Gasteiger partial charge < -0.3 is 20.4 Å². The van der Waals surface area contributed by atoms with E-state index in [0.717, 1.165) is 0 Å². The van der Waals surface area contributed by atoms with Crippen molar-refractivity contribution in [3.05, 3.63) is 0 Å². The number of alkyl halides is 1. The minimum absolute atomic E-state index is 0.294. The Morgan fingerprint density at radius 3 is 1.75 bits per heavy atom. The van der Waals surface area contributed by atoms with Crippen LogP contribution in [0.25, 0.3) is 0 Å². The minimum Gasteiger partial charge on any atom is -0.364 e. The van der Waals surface area contributed by atoms with Crippen molar-refractivity contribution in [3.63, 3.8) is 0 Å². The quantitative estimate of drug-likeness (QED) is 0.309. The highest BCUT2D eigenvalue weighted by Gasteiger charge is 2.29. The maximum Gasteiger partial charge on any atom is 0.225 e. The molecule has 4 N–H and O–H groups in total. The topological polar surface area (TPSA) is 80.9 Å². The summed E-state index contributed by atoms with van der Waals surface area (Å²) in [6, 6.07) is 0. The lowest BCUT2D eigenvalue weighted by molar-refractivity contribution is -0.274. The maximum atomic E-state index is 8.41. The van der Waals surface area contributed by atoms with Crippen LogP contribution in [-0.4, -0.2) is 37.8 Å². The molecule has 5 heteroatoms. The maximum absolute atomic E-state index is 8.41. The summed E-state index contributed by atoms with van der Waals surface area (Å²) in [5.74, 6) is -2.43. The zero-order chi connectivity index (χ0) is 6.78. The molecule has 4 nitrogen and oxygen atoms in total. The summed E-state index contributed by atoms with van der Waals surface area (Å²) in [6.07, 6.45) is -2.12. The monoisotopic (exact) mass is 186 g/mol. The van der Waals surface area contributed by atoms with Gasteiger partial charge in [0.1, 0.15) is 0 Å². The van der Waals surface area contributed by atoms with E-state index in [1.54, 1.807) is 0 Å². The lowest BCUT2D eigenvalue weighted by atomic mass is 10.3. The molecule has 0 saturated carbocycles.